The molecule has 0 radical (unpaired) electrons. The summed E-state index contributed by atoms with van der Waals surface area (Å²) in [6.45, 7) is 0. The smallest absolute Gasteiger partial charge is 0.188 e. The summed E-state index contributed by atoms with van der Waals surface area (Å²) in [4.78, 5) is 9.99. The van der Waals surface area contributed by atoms with E-state index >= 15 is 0 Å². The van der Waals surface area contributed by atoms with Crippen molar-refractivity contribution < 1.29 is 4.79 Å². The van der Waals surface area contributed by atoms with Gasteiger partial charge in [0.25, 0.3) is 0 Å². The Morgan fingerprint density at radius 3 is 2.38 bits per heavy atom. The van der Waals surface area contributed by atoms with E-state index in [0.717, 1.165) is 5.56 Å². The normalized spacial score (nSPS) is 11.0. The van der Waals surface area contributed by atoms with E-state index in [1.165, 1.54) is 6.08 Å². The maximum Gasteiger partial charge on any atom is 0.188 e. The lowest BCUT2D eigenvalue weighted by Gasteiger charge is -1.93. The molecular formula is C10H8Cl2O. The highest BCUT2D eigenvalue weighted by Crippen LogP contribution is 2.06. The first-order chi connectivity index (χ1) is 6.20. The van der Waals surface area contributed by atoms with Crippen molar-refractivity contribution in [1.82, 2.24) is 0 Å². The van der Waals surface area contributed by atoms with Gasteiger partial charge in [-0.1, -0.05) is 59.6 Å². The number of rotatable bonds is 3. The monoisotopic (exact) mass is 214 g/mol. The first-order valence-corrected chi connectivity index (χ1v) is 4.62. The number of hydrogen-bond donors (Lipinski definition) is 0. The Hall–Kier alpha value is -0.790. The fourth-order valence-corrected chi connectivity index (χ4v) is 0.961. The molecule has 0 fully saturated rings. The number of carbonyl (C=O) groups excluding carboxylic acids is 1. The highest BCUT2D eigenvalue weighted by atomic mass is 35.5. The van der Waals surface area contributed by atoms with E-state index in [1.807, 2.05) is 30.3 Å². The van der Waals surface area contributed by atoms with Crippen LogP contribution in [0.25, 0.3) is 6.08 Å². The minimum atomic E-state index is -0.972. The van der Waals surface area contributed by atoms with Gasteiger partial charge in [0.2, 0.25) is 0 Å². The zero-order valence-electron chi connectivity index (χ0n) is 6.78. The maximum atomic E-state index is 11.0. The Balaban J connectivity index is 2.64. The molecule has 1 rings (SSSR count). The number of halogens is 2. The molecule has 0 aliphatic rings. The molecule has 3 heteroatoms. The second-order valence-electron chi connectivity index (χ2n) is 2.45. The van der Waals surface area contributed by atoms with Crippen LogP contribution >= 0.6 is 23.2 Å². The molecule has 0 N–H and O–H groups in total. The number of benzene rings is 1. The number of ketones is 1. The summed E-state index contributed by atoms with van der Waals surface area (Å²) in [5, 5.41) is 0. The van der Waals surface area contributed by atoms with Crippen molar-refractivity contribution in [1.29, 1.82) is 0 Å². The van der Waals surface area contributed by atoms with Gasteiger partial charge in [0.1, 0.15) is 0 Å². The number of hydrogen-bond acceptors (Lipinski definition) is 1. The molecule has 1 aromatic carbocycles. The van der Waals surface area contributed by atoms with Gasteiger partial charge >= 0.3 is 0 Å². The van der Waals surface area contributed by atoms with E-state index in [-0.39, 0.29) is 5.78 Å². The van der Waals surface area contributed by atoms with E-state index in [9.17, 15) is 4.79 Å². The summed E-state index contributed by atoms with van der Waals surface area (Å²) in [5.41, 5.74) is 0.949. The predicted molar refractivity (Wildman–Crippen MR) is 56.0 cm³/mol. The van der Waals surface area contributed by atoms with Crippen molar-refractivity contribution in [2.24, 2.45) is 0 Å². The van der Waals surface area contributed by atoms with Crippen LogP contribution in [0, 0.1) is 0 Å². The first kappa shape index (κ1) is 10.3. The van der Waals surface area contributed by atoms with Crippen LogP contribution < -0.4 is 0 Å². The Bertz CT molecular complexity index is 304. The van der Waals surface area contributed by atoms with Crippen LogP contribution in [0.5, 0.6) is 0 Å². The number of carbonyl (C=O) groups is 1. The van der Waals surface area contributed by atoms with Gasteiger partial charge in [0.05, 0.1) is 0 Å². The molecule has 1 aromatic rings. The second kappa shape index (κ2) is 5.05. The van der Waals surface area contributed by atoms with Crippen LogP contribution in [0.3, 0.4) is 0 Å². The van der Waals surface area contributed by atoms with Crippen LogP contribution in [0.1, 0.15) is 5.56 Å². The van der Waals surface area contributed by atoms with Crippen molar-refractivity contribution >= 4 is 35.1 Å². The topological polar surface area (TPSA) is 17.1 Å². The first-order valence-electron chi connectivity index (χ1n) is 3.75. The third-order valence-corrected chi connectivity index (χ3v) is 1.88. The highest BCUT2D eigenvalue weighted by molar-refractivity contribution is 6.55. The van der Waals surface area contributed by atoms with E-state index in [1.54, 1.807) is 6.08 Å². The molecular weight excluding hydrogens is 207 g/mol. The number of allylic oxidation sites excluding steroid dienone is 1. The van der Waals surface area contributed by atoms with Gasteiger partial charge in [-0.25, -0.2) is 0 Å². The maximum absolute atomic E-state index is 11.0. The van der Waals surface area contributed by atoms with Gasteiger partial charge < -0.3 is 0 Å². The average molecular weight is 215 g/mol. The van der Waals surface area contributed by atoms with Gasteiger partial charge in [0, 0.05) is 0 Å². The SMILES string of the molecule is O=C(/C=C/c1ccccc1)C(Cl)Cl. The summed E-state index contributed by atoms with van der Waals surface area (Å²) < 4.78 is 0. The summed E-state index contributed by atoms with van der Waals surface area (Å²) in [6, 6.07) is 9.47. The predicted octanol–water partition coefficient (Wildman–Crippen LogP) is 3.07. The average Bonchev–Trinajstić information content (AvgIpc) is 2.15. The van der Waals surface area contributed by atoms with Crippen molar-refractivity contribution in [3.63, 3.8) is 0 Å². The molecule has 0 saturated carbocycles. The van der Waals surface area contributed by atoms with Gasteiger partial charge in [-0.15, -0.1) is 0 Å². The third kappa shape index (κ3) is 3.62. The van der Waals surface area contributed by atoms with E-state index in [4.69, 9.17) is 23.2 Å². The minimum Gasteiger partial charge on any atom is -0.292 e. The van der Waals surface area contributed by atoms with Crippen LogP contribution in [0.4, 0.5) is 0 Å². The Labute approximate surface area is 87.0 Å². The molecule has 0 unspecified atom stereocenters. The van der Waals surface area contributed by atoms with E-state index < -0.39 is 4.84 Å². The van der Waals surface area contributed by atoms with Gasteiger partial charge in [-0.05, 0) is 11.6 Å². The van der Waals surface area contributed by atoms with Gasteiger partial charge in [-0.3, -0.25) is 4.79 Å². The lowest BCUT2D eigenvalue weighted by Crippen LogP contribution is -2.02. The lowest BCUT2D eigenvalue weighted by molar-refractivity contribution is -0.113. The zero-order valence-corrected chi connectivity index (χ0v) is 8.29. The molecule has 0 saturated heterocycles. The molecule has 0 spiro atoms. The molecule has 0 heterocycles. The molecule has 0 aliphatic heterocycles. The van der Waals surface area contributed by atoms with Crippen molar-refractivity contribution in [3.05, 3.63) is 42.0 Å². The molecule has 0 aromatic heterocycles. The molecule has 0 atom stereocenters. The summed E-state index contributed by atoms with van der Waals surface area (Å²) in [7, 11) is 0. The zero-order chi connectivity index (χ0) is 9.68. The Morgan fingerprint density at radius 2 is 1.85 bits per heavy atom. The van der Waals surface area contributed by atoms with E-state index in [2.05, 4.69) is 0 Å². The molecule has 0 bridgehead atoms. The van der Waals surface area contributed by atoms with Crippen LogP contribution in [0.15, 0.2) is 36.4 Å². The fraction of sp³-hybridized carbons (Fsp3) is 0.100. The van der Waals surface area contributed by atoms with Crippen LogP contribution in [-0.4, -0.2) is 10.6 Å². The van der Waals surface area contributed by atoms with Crippen molar-refractivity contribution in [2.45, 2.75) is 4.84 Å². The molecule has 0 aliphatic carbocycles. The van der Waals surface area contributed by atoms with E-state index in [0.29, 0.717) is 0 Å². The van der Waals surface area contributed by atoms with Crippen molar-refractivity contribution in [2.75, 3.05) is 0 Å². The van der Waals surface area contributed by atoms with Crippen LogP contribution in [-0.2, 0) is 4.79 Å². The summed E-state index contributed by atoms with van der Waals surface area (Å²) in [6.07, 6.45) is 3.06. The Kier molecular flexibility index (Phi) is 4.00. The molecule has 13 heavy (non-hydrogen) atoms. The lowest BCUT2D eigenvalue weighted by atomic mass is 10.2. The molecule has 68 valence electrons. The quantitative estimate of drug-likeness (QED) is 0.559. The summed E-state index contributed by atoms with van der Waals surface area (Å²) in [5.74, 6) is -0.299. The second-order valence-corrected chi connectivity index (χ2v) is 3.54. The van der Waals surface area contributed by atoms with Crippen LogP contribution in [0.2, 0.25) is 0 Å². The largest absolute Gasteiger partial charge is 0.292 e. The third-order valence-electron chi connectivity index (χ3n) is 1.45. The standard InChI is InChI=1S/C10H8Cl2O/c11-10(12)9(13)7-6-8-4-2-1-3-5-8/h1-7,10H/b7-6+. The minimum absolute atomic E-state index is 0.299. The van der Waals surface area contributed by atoms with Gasteiger partial charge in [0.15, 0.2) is 10.6 Å². The number of alkyl halides is 2. The highest BCUT2D eigenvalue weighted by Gasteiger charge is 2.05. The van der Waals surface area contributed by atoms with Crippen molar-refractivity contribution in [3.8, 4) is 0 Å². The Morgan fingerprint density at radius 1 is 1.23 bits per heavy atom. The fourth-order valence-electron chi connectivity index (χ4n) is 0.815. The molecule has 0 amide bonds. The van der Waals surface area contributed by atoms with Gasteiger partial charge in [-0.2, -0.15) is 0 Å². The summed E-state index contributed by atoms with van der Waals surface area (Å²) >= 11 is 10.7. The molecule has 1 nitrogen and oxygen atoms in total.